The summed E-state index contributed by atoms with van der Waals surface area (Å²) < 4.78 is 45.9. The highest BCUT2D eigenvalue weighted by Gasteiger charge is 2.30. The molecule has 1 heterocycles. The topological polar surface area (TPSA) is 47.4 Å². The SMILES string of the molecule is Cc1c(C(=O)N(C)CCCOc2ccccc2)cnn1-c1cccc(C(F)(F)F)c1. The molecule has 0 bridgehead atoms. The highest BCUT2D eigenvalue weighted by molar-refractivity contribution is 5.95. The number of hydrogen-bond donors (Lipinski definition) is 0. The second-order valence-electron chi connectivity index (χ2n) is 6.85. The molecule has 3 rings (SSSR count). The minimum absolute atomic E-state index is 0.245. The average Bonchev–Trinajstić information content (AvgIpc) is 3.12. The second-order valence-corrected chi connectivity index (χ2v) is 6.85. The summed E-state index contributed by atoms with van der Waals surface area (Å²) in [7, 11) is 1.67. The lowest BCUT2D eigenvalue weighted by Crippen LogP contribution is -2.29. The molecule has 3 aromatic rings. The molecule has 2 aromatic carbocycles. The summed E-state index contributed by atoms with van der Waals surface area (Å²) in [5.74, 6) is 0.523. The van der Waals surface area contributed by atoms with Gasteiger partial charge in [0, 0.05) is 13.6 Å². The van der Waals surface area contributed by atoms with Crippen molar-refractivity contribution in [3.05, 3.63) is 77.6 Å². The number of halogens is 3. The zero-order valence-electron chi connectivity index (χ0n) is 16.7. The zero-order chi connectivity index (χ0) is 21.7. The van der Waals surface area contributed by atoms with Gasteiger partial charge in [0.25, 0.3) is 5.91 Å². The van der Waals surface area contributed by atoms with Gasteiger partial charge < -0.3 is 9.64 Å². The number of amides is 1. The van der Waals surface area contributed by atoms with Crippen molar-refractivity contribution in [2.75, 3.05) is 20.2 Å². The van der Waals surface area contributed by atoms with Crippen molar-refractivity contribution in [3.8, 4) is 11.4 Å². The first-order chi connectivity index (χ1) is 14.3. The van der Waals surface area contributed by atoms with E-state index in [0.29, 0.717) is 30.8 Å². The molecule has 0 fully saturated rings. The molecule has 0 unspecified atom stereocenters. The van der Waals surface area contributed by atoms with Gasteiger partial charge in [-0.1, -0.05) is 24.3 Å². The van der Waals surface area contributed by atoms with Crippen molar-refractivity contribution in [3.63, 3.8) is 0 Å². The van der Waals surface area contributed by atoms with E-state index in [9.17, 15) is 18.0 Å². The molecule has 0 aliphatic rings. The Kier molecular flexibility index (Phi) is 6.44. The molecule has 30 heavy (non-hydrogen) atoms. The lowest BCUT2D eigenvalue weighted by atomic mass is 10.2. The van der Waals surface area contributed by atoms with E-state index in [0.717, 1.165) is 17.9 Å². The van der Waals surface area contributed by atoms with E-state index in [1.807, 2.05) is 30.3 Å². The van der Waals surface area contributed by atoms with Crippen LogP contribution in [0.1, 0.15) is 28.0 Å². The third-order valence-corrected chi connectivity index (χ3v) is 4.65. The number of carbonyl (C=O) groups excluding carboxylic acids is 1. The fraction of sp³-hybridized carbons (Fsp3) is 0.273. The summed E-state index contributed by atoms with van der Waals surface area (Å²) in [6.45, 7) is 2.59. The Morgan fingerprint density at radius 2 is 1.87 bits per heavy atom. The molecular weight excluding hydrogens is 395 g/mol. The molecule has 8 heteroatoms. The Morgan fingerprint density at radius 1 is 1.13 bits per heavy atom. The second kappa shape index (κ2) is 9.02. The van der Waals surface area contributed by atoms with Crippen LogP contribution in [-0.4, -0.2) is 40.8 Å². The van der Waals surface area contributed by atoms with Crippen molar-refractivity contribution in [2.45, 2.75) is 19.5 Å². The first-order valence-corrected chi connectivity index (χ1v) is 9.43. The van der Waals surface area contributed by atoms with Crippen LogP contribution in [0.25, 0.3) is 5.69 Å². The van der Waals surface area contributed by atoms with E-state index in [-0.39, 0.29) is 11.6 Å². The number of alkyl halides is 3. The summed E-state index contributed by atoms with van der Waals surface area (Å²) in [5, 5.41) is 4.13. The molecule has 1 amide bonds. The third-order valence-electron chi connectivity index (χ3n) is 4.65. The number of hydrogen-bond acceptors (Lipinski definition) is 3. The van der Waals surface area contributed by atoms with Gasteiger partial charge in [0.15, 0.2) is 0 Å². The Hall–Kier alpha value is -3.29. The number of benzene rings is 2. The molecule has 0 saturated heterocycles. The number of nitrogens with zero attached hydrogens (tertiary/aromatic N) is 3. The van der Waals surface area contributed by atoms with Crippen molar-refractivity contribution in [1.82, 2.24) is 14.7 Å². The molecule has 0 aliphatic carbocycles. The number of aromatic nitrogens is 2. The van der Waals surface area contributed by atoms with E-state index in [2.05, 4.69) is 5.10 Å². The van der Waals surface area contributed by atoms with Gasteiger partial charge >= 0.3 is 6.18 Å². The summed E-state index contributed by atoms with van der Waals surface area (Å²) >= 11 is 0. The molecule has 0 N–H and O–H groups in total. The third kappa shape index (κ3) is 5.00. The average molecular weight is 417 g/mol. The van der Waals surface area contributed by atoms with Gasteiger partial charge in [-0.2, -0.15) is 18.3 Å². The van der Waals surface area contributed by atoms with Gasteiger partial charge in [-0.15, -0.1) is 0 Å². The van der Waals surface area contributed by atoms with Gasteiger partial charge in [0.2, 0.25) is 0 Å². The van der Waals surface area contributed by atoms with Crippen LogP contribution >= 0.6 is 0 Å². The van der Waals surface area contributed by atoms with Crippen LogP contribution in [0.15, 0.2) is 60.8 Å². The van der Waals surface area contributed by atoms with Crippen LogP contribution in [-0.2, 0) is 6.18 Å². The number of ether oxygens (including phenoxy) is 1. The molecule has 0 aliphatic heterocycles. The Balaban J connectivity index is 1.64. The first-order valence-electron chi connectivity index (χ1n) is 9.43. The summed E-state index contributed by atoms with van der Waals surface area (Å²) in [5.41, 5.74) is 0.309. The predicted octanol–water partition coefficient (Wildman–Crippen LogP) is 4.74. The predicted molar refractivity (Wildman–Crippen MR) is 107 cm³/mol. The van der Waals surface area contributed by atoms with Gasteiger partial charge in [-0.05, 0) is 43.7 Å². The fourth-order valence-electron chi connectivity index (χ4n) is 3.01. The molecule has 0 atom stereocenters. The molecule has 0 saturated carbocycles. The van der Waals surface area contributed by atoms with Gasteiger partial charge in [-0.25, -0.2) is 4.68 Å². The standard InChI is InChI=1S/C22H22F3N3O2/c1-16-20(15-26-28(16)18-9-6-8-17(14-18)22(23,24)25)21(29)27(2)12-7-13-30-19-10-4-3-5-11-19/h3-6,8-11,14-15H,7,12-13H2,1-2H3. The quantitative estimate of drug-likeness (QED) is 0.522. The van der Waals surface area contributed by atoms with Gasteiger partial charge in [0.1, 0.15) is 5.75 Å². The summed E-state index contributed by atoms with van der Waals surface area (Å²) in [6.07, 6.45) is -2.43. The van der Waals surface area contributed by atoms with Crippen LogP contribution in [0.3, 0.4) is 0 Å². The highest BCUT2D eigenvalue weighted by atomic mass is 19.4. The minimum atomic E-state index is -4.45. The molecule has 1 aromatic heterocycles. The van der Waals surface area contributed by atoms with E-state index in [1.54, 1.807) is 18.9 Å². The van der Waals surface area contributed by atoms with Crippen LogP contribution < -0.4 is 4.74 Å². The van der Waals surface area contributed by atoms with Crippen molar-refractivity contribution >= 4 is 5.91 Å². The Morgan fingerprint density at radius 3 is 2.57 bits per heavy atom. The lowest BCUT2D eigenvalue weighted by Gasteiger charge is -2.17. The van der Waals surface area contributed by atoms with E-state index in [4.69, 9.17) is 4.74 Å². The number of para-hydroxylation sites is 1. The monoisotopic (exact) mass is 417 g/mol. The van der Waals surface area contributed by atoms with Gasteiger partial charge in [0.05, 0.1) is 35.3 Å². The van der Waals surface area contributed by atoms with Crippen molar-refractivity contribution < 1.29 is 22.7 Å². The van der Waals surface area contributed by atoms with Crippen molar-refractivity contribution in [1.29, 1.82) is 0 Å². The normalized spacial score (nSPS) is 11.4. The minimum Gasteiger partial charge on any atom is -0.494 e. The molecular formula is C22H22F3N3O2. The van der Waals surface area contributed by atoms with E-state index >= 15 is 0 Å². The van der Waals surface area contributed by atoms with Crippen LogP contribution in [0.5, 0.6) is 5.75 Å². The van der Waals surface area contributed by atoms with Crippen LogP contribution in [0.4, 0.5) is 13.2 Å². The number of carbonyl (C=O) groups is 1. The van der Waals surface area contributed by atoms with Crippen LogP contribution in [0.2, 0.25) is 0 Å². The first kappa shape index (κ1) is 21.4. The van der Waals surface area contributed by atoms with Crippen molar-refractivity contribution in [2.24, 2.45) is 0 Å². The fourth-order valence-corrected chi connectivity index (χ4v) is 3.01. The molecule has 0 spiro atoms. The largest absolute Gasteiger partial charge is 0.494 e. The van der Waals surface area contributed by atoms with Gasteiger partial charge in [-0.3, -0.25) is 4.79 Å². The Labute approximate surface area is 172 Å². The molecule has 158 valence electrons. The summed E-state index contributed by atoms with van der Waals surface area (Å²) in [6, 6.07) is 14.2. The highest BCUT2D eigenvalue weighted by Crippen LogP contribution is 2.30. The maximum Gasteiger partial charge on any atom is 0.416 e. The molecule has 0 radical (unpaired) electrons. The van der Waals surface area contributed by atoms with E-state index in [1.165, 1.54) is 23.0 Å². The van der Waals surface area contributed by atoms with E-state index < -0.39 is 11.7 Å². The lowest BCUT2D eigenvalue weighted by molar-refractivity contribution is -0.137. The maximum absolute atomic E-state index is 13.0. The smallest absolute Gasteiger partial charge is 0.416 e. The zero-order valence-corrected chi connectivity index (χ0v) is 16.7. The summed E-state index contributed by atoms with van der Waals surface area (Å²) in [4.78, 5) is 14.3. The maximum atomic E-state index is 13.0. The number of rotatable bonds is 7. The molecule has 5 nitrogen and oxygen atoms in total. The Bertz CT molecular complexity index is 1000. The van der Waals surface area contributed by atoms with Crippen LogP contribution in [0, 0.1) is 6.92 Å².